The van der Waals surface area contributed by atoms with Crippen LogP contribution in [0, 0.1) is 6.92 Å². The quantitative estimate of drug-likeness (QED) is 0.653. The third-order valence-corrected chi connectivity index (χ3v) is 2.23. The van der Waals surface area contributed by atoms with Crippen molar-refractivity contribution < 1.29 is 4.74 Å². The Morgan fingerprint density at radius 1 is 1.45 bits per heavy atom. The Morgan fingerprint density at radius 3 is 2.73 bits per heavy atom. The van der Waals surface area contributed by atoms with Crippen LogP contribution in [0.1, 0.15) is 17.2 Å². The van der Waals surface area contributed by atoms with Crippen molar-refractivity contribution in [2.45, 2.75) is 13.0 Å². The van der Waals surface area contributed by atoms with E-state index in [-0.39, 0.29) is 0 Å². The van der Waals surface area contributed by atoms with Crippen LogP contribution in [0.4, 0.5) is 0 Å². The van der Waals surface area contributed by atoms with Gasteiger partial charge in [-0.15, -0.1) is 0 Å². The van der Waals surface area contributed by atoms with Gasteiger partial charge in [0.25, 0.3) is 0 Å². The Balaban J connectivity index is 2.39. The van der Waals surface area contributed by atoms with Crippen molar-refractivity contribution in [3.8, 4) is 0 Å². The van der Waals surface area contributed by atoms with Gasteiger partial charge in [-0.1, -0.05) is 22.0 Å². The van der Waals surface area contributed by atoms with E-state index in [9.17, 15) is 0 Å². The number of hydrogen-bond donors (Lipinski definition) is 0. The largest absolute Gasteiger partial charge is 0.368 e. The molecule has 0 radical (unpaired) electrons. The molecule has 1 aromatic rings. The fraction of sp³-hybridized carbons (Fsp3) is 0.333. The standard InChI is InChI=1S/C9H9BrO/c1-6-2-7(9-5-11-9)4-8(10)3-6/h2-4,9H,5H2,1H3/t9-/m0/s1. The van der Waals surface area contributed by atoms with Gasteiger partial charge in [0.15, 0.2) is 0 Å². The van der Waals surface area contributed by atoms with Crippen molar-refractivity contribution in [2.24, 2.45) is 0 Å². The summed E-state index contributed by atoms with van der Waals surface area (Å²) in [5.41, 5.74) is 2.57. The Kier molecular flexibility index (Phi) is 1.74. The number of benzene rings is 1. The molecular formula is C9H9BrO. The van der Waals surface area contributed by atoms with Crippen molar-refractivity contribution in [2.75, 3.05) is 6.61 Å². The molecule has 1 aromatic carbocycles. The third-order valence-electron chi connectivity index (χ3n) is 1.77. The zero-order valence-corrected chi connectivity index (χ0v) is 7.89. The molecule has 0 saturated carbocycles. The van der Waals surface area contributed by atoms with Crippen LogP contribution in [0.2, 0.25) is 0 Å². The summed E-state index contributed by atoms with van der Waals surface area (Å²) in [7, 11) is 0. The molecule has 2 rings (SSSR count). The van der Waals surface area contributed by atoms with Gasteiger partial charge in [0.05, 0.1) is 6.61 Å². The molecule has 1 saturated heterocycles. The maximum Gasteiger partial charge on any atom is 0.106 e. The molecule has 0 aromatic heterocycles. The van der Waals surface area contributed by atoms with Crippen molar-refractivity contribution in [1.82, 2.24) is 0 Å². The second-order valence-corrected chi connectivity index (χ2v) is 3.80. The maximum atomic E-state index is 5.18. The van der Waals surface area contributed by atoms with Gasteiger partial charge in [0, 0.05) is 4.47 Å². The van der Waals surface area contributed by atoms with Crippen LogP contribution in [0.25, 0.3) is 0 Å². The van der Waals surface area contributed by atoms with E-state index >= 15 is 0 Å². The van der Waals surface area contributed by atoms with Crippen LogP contribution < -0.4 is 0 Å². The molecule has 58 valence electrons. The summed E-state index contributed by atoms with van der Waals surface area (Å²) in [6.07, 6.45) is 0.367. The molecule has 1 heterocycles. The zero-order valence-electron chi connectivity index (χ0n) is 6.30. The summed E-state index contributed by atoms with van der Waals surface area (Å²) in [6, 6.07) is 6.39. The van der Waals surface area contributed by atoms with Crippen molar-refractivity contribution in [3.63, 3.8) is 0 Å². The van der Waals surface area contributed by atoms with Gasteiger partial charge in [-0.2, -0.15) is 0 Å². The molecule has 1 nitrogen and oxygen atoms in total. The topological polar surface area (TPSA) is 12.5 Å². The van der Waals surface area contributed by atoms with Gasteiger partial charge < -0.3 is 4.74 Å². The number of halogens is 1. The van der Waals surface area contributed by atoms with E-state index < -0.39 is 0 Å². The highest BCUT2D eigenvalue weighted by Crippen LogP contribution is 2.31. The van der Waals surface area contributed by atoms with E-state index in [1.165, 1.54) is 11.1 Å². The molecule has 0 aliphatic carbocycles. The van der Waals surface area contributed by atoms with E-state index in [4.69, 9.17) is 4.74 Å². The smallest absolute Gasteiger partial charge is 0.106 e. The van der Waals surface area contributed by atoms with Crippen LogP contribution in [0.15, 0.2) is 22.7 Å². The van der Waals surface area contributed by atoms with Gasteiger partial charge in [0.2, 0.25) is 0 Å². The summed E-state index contributed by atoms with van der Waals surface area (Å²) < 4.78 is 6.33. The van der Waals surface area contributed by atoms with E-state index in [0.717, 1.165) is 11.1 Å². The fourth-order valence-corrected chi connectivity index (χ4v) is 1.82. The lowest BCUT2D eigenvalue weighted by Gasteiger charge is -1.99. The Labute approximate surface area is 74.5 Å². The molecule has 2 heteroatoms. The maximum absolute atomic E-state index is 5.18. The van der Waals surface area contributed by atoms with Crippen LogP contribution in [-0.4, -0.2) is 6.61 Å². The molecule has 0 spiro atoms. The van der Waals surface area contributed by atoms with Crippen LogP contribution in [-0.2, 0) is 4.74 Å². The summed E-state index contributed by atoms with van der Waals surface area (Å²) in [4.78, 5) is 0. The lowest BCUT2D eigenvalue weighted by molar-refractivity contribution is 0.415. The van der Waals surface area contributed by atoms with Gasteiger partial charge in [-0.25, -0.2) is 0 Å². The summed E-state index contributed by atoms with van der Waals surface area (Å²) >= 11 is 3.45. The molecule has 1 aliphatic rings. The fourth-order valence-electron chi connectivity index (χ4n) is 1.19. The molecule has 0 unspecified atom stereocenters. The first-order valence-electron chi connectivity index (χ1n) is 3.64. The lowest BCUT2D eigenvalue weighted by atomic mass is 10.1. The lowest BCUT2D eigenvalue weighted by Crippen LogP contribution is -1.82. The predicted molar refractivity (Wildman–Crippen MR) is 47.6 cm³/mol. The van der Waals surface area contributed by atoms with Crippen LogP contribution in [0.3, 0.4) is 0 Å². The SMILES string of the molecule is Cc1cc(Br)cc([C@@H]2CO2)c1. The Hall–Kier alpha value is -0.340. The average molecular weight is 213 g/mol. The molecule has 1 aliphatic heterocycles. The second kappa shape index (κ2) is 2.61. The first kappa shape index (κ1) is 7.32. The summed E-state index contributed by atoms with van der Waals surface area (Å²) in [6.45, 7) is 2.98. The monoisotopic (exact) mass is 212 g/mol. The highest BCUT2D eigenvalue weighted by atomic mass is 79.9. The molecule has 0 bridgehead atoms. The predicted octanol–water partition coefficient (Wildman–Crippen LogP) is 2.83. The molecule has 1 atom stereocenters. The van der Waals surface area contributed by atoms with Crippen LogP contribution in [0.5, 0.6) is 0 Å². The molecule has 0 amide bonds. The van der Waals surface area contributed by atoms with Gasteiger partial charge in [-0.05, 0) is 30.2 Å². The van der Waals surface area contributed by atoms with Gasteiger partial charge in [0.1, 0.15) is 6.10 Å². The minimum atomic E-state index is 0.367. The summed E-state index contributed by atoms with van der Waals surface area (Å²) in [5.74, 6) is 0. The van der Waals surface area contributed by atoms with E-state index in [2.05, 4.69) is 41.1 Å². The first-order chi connectivity index (χ1) is 5.25. The van der Waals surface area contributed by atoms with Crippen molar-refractivity contribution in [3.05, 3.63) is 33.8 Å². The Morgan fingerprint density at radius 2 is 2.18 bits per heavy atom. The third kappa shape index (κ3) is 1.63. The van der Waals surface area contributed by atoms with Crippen molar-refractivity contribution >= 4 is 15.9 Å². The first-order valence-corrected chi connectivity index (χ1v) is 4.44. The van der Waals surface area contributed by atoms with Crippen molar-refractivity contribution in [1.29, 1.82) is 0 Å². The van der Waals surface area contributed by atoms with Crippen LogP contribution >= 0.6 is 15.9 Å². The number of ether oxygens (including phenoxy) is 1. The number of aryl methyl sites for hydroxylation is 1. The minimum Gasteiger partial charge on any atom is -0.368 e. The van der Waals surface area contributed by atoms with Gasteiger partial charge in [-0.3, -0.25) is 0 Å². The minimum absolute atomic E-state index is 0.367. The number of hydrogen-bond acceptors (Lipinski definition) is 1. The second-order valence-electron chi connectivity index (χ2n) is 2.88. The molecular weight excluding hydrogens is 204 g/mol. The number of rotatable bonds is 1. The highest BCUT2D eigenvalue weighted by molar-refractivity contribution is 9.10. The average Bonchev–Trinajstić information content (AvgIpc) is 2.64. The van der Waals surface area contributed by atoms with E-state index in [1.54, 1.807) is 0 Å². The highest BCUT2D eigenvalue weighted by Gasteiger charge is 2.24. The molecule has 11 heavy (non-hydrogen) atoms. The van der Waals surface area contributed by atoms with Gasteiger partial charge >= 0.3 is 0 Å². The van der Waals surface area contributed by atoms with E-state index in [1.807, 2.05) is 0 Å². The zero-order chi connectivity index (χ0) is 7.84. The molecule has 0 N–H and O–H groups in total. The van der Waals surface area contributed by atoms with E-state index in [0.29, 0.717) is 6.10 Å². The normalized spacial score (nSPS) is 21.8. The number of epoxide rings is 1. The summed E-state index contributed by atoms with van der Waals surface area (Å²) in [5, 5.41) is 0. The Bertz CT molecular complexity index is 259. The molecule has 1 fully saturated rings.